The van der Waals surface area contributed by atoms with Crippen molar-refractivity contribution in [3.8, 4) is 0 Å². The Kier molecular flexibility index (Phi) is 1.94. The molecule has 2 heterocycles. The topological polar surface area (TPSA) is 26.3 Å². The molecule has 5 rings (SSSR count). The number of fused-ring (bicyclic) bond motifs is 7. The van der Waals surface area contributed by atoms with Gasteiger partial charge in [-0.2, -0.15) is 0 Å². The van der Waals surface area contributed by atoms with Gasteiger partial charge in [0.2, 0.25) is 0 Å². The zero-order valence-electron chi connectivity index (χ0n) is 11.5. The Morgan fingerprint density at radius 1 is 0.619 bits per heavy atom. The molecule has 0 atom stereocenters. The lowest BCUT2D eigenvalue weighted by Crippen LogP contribution is -2.00. The summed E-state index contributed by atoms with van der Waals surface area (Å²) >= 11 is 0. The molecule has 0 spiro atoms. The van der Waals surface area contributed by atoms with Gasteiger partial charge in [-0.25, -0.2) is 0 Å². The second-order valence-corrected chi connectivity index (χ2v) is 5.47. The quantitative estimate of drug-likeness (QED) is 0.401. The van der Waals surface area contributed by atoms with Gasteiger partial charge in [0.05, 0.1) is 0 Å². The lowest BCUT2D eigenvalue weighted by Gasteiger charge is -1.94. The Morgan fingerprint density at radius 3 is 2.29 bits per heavy atom. The molecule has 0 unspecified atom stereocenters. The van der Waals surface area contributed by atoms with Crippen molar-refractivity contribution in [1.82, 2.24) is 0 Å². The summed E-state index contributed by atoms with van der Waals surface area (Å²) in [5, 5.41) is 4.53. The van der Waals surface area contributed by atoms with Crippen LogP contribution in [0.1, 0.15) is 0 Å². The largest absolute Gasteiger partial charge is 0.452 e. The predicted octanol–water partition coefficient (Wildman–Crippen LogP) is 3.74. The van der Waals surface area contributed by atoms with Crippen molar-refractivity contribution in [2.75, 3.05) is 0 Å². The molecule has 0 radical (unpaired) electrons. The second-order valence-electron chi connectivity index (χ2n) is 5.47. The van der Waals surface area contributed by atoms with E-state index in [1.807, 2.05) is 30.3 Å². The van der Waals surface area contributed by atoms with Crippen LogP contribution >= 0.6 is 0 Å². The molecule has 3 aromatic carbocycles. The van der Waals surface area contributed by atoms with Gasteiger partial charge in [-0.05, 0) is 24.3 Å². The fraction of sp³-hybridized carbons (Fsp3) is 0. The summed E-state index contributed by atoms with van der Waals surface area (Å²) in [5.74, 6) is 0. The minimum Gasteiger partial charge on any atom is -0.452 e. The van der Waals surface area contributed by atoms with Crippen LogP contribution < -0.4 is 5.46 Å². The van der Waals surface area contributed by atoms with E-state index in [0.29, 0.717) is 0 Å². The minimum atomic E-state index is 0.837. The highest BCUT2D eigenvalue weighted by atomic mass is 16.4. The van der Waals surface area contributed by atoms with E-state index >= 15 is 0 Å². The smallest absolute Gasteiger partial charge is 0.178 e. The maximum atomic E-state index is 6.08. The Balaban J connectivity index is 2.09. The highest BCUT2D eigenvalue weighted by Gasteiger charge is 2.15. The van der Waals surface area contributed by atoms with E-state index in [4.69, 9.17) is 8.83 Å². The summed E-state index contributed by atoms with van der Waals surface area (Å²) in [4.78, 5) is 0. The Labute approximate surface area is 121 Å². The summed E-state index contributed by atoms with van der Waals surface area (Å²) in [6, 6.07) is 18.5. The first-order valence-electron chi connectivity index (χ1n) is 7.05. The van der Waals surface area contributed by atoms with E-state index < -0.39 is 0 Å². The summed E-state index contributed by atoms with van der Waals surface area (Å²) in [5.41, 5.74) is 4.72. The summed E-state index contributed by atoms with van der Waals surface area (Å²) < 4.78 is 12.1. The number of para-hydroxylation sites is 1. The zero-order valence-corrected chi connectivity index (χ0v) is 11.5. The molecule has 98 valence electrons. The standard InChI is InChI=1S/C18H11BO2/c19-13-5-3-7-15-16(13)12-9-8-11-10-4-1-2-6-14(10)20-17(11)18(12)21-15/h1-9H,19H2. The van der Waals surface area contributed by atoms with Gasteiger partial charge in [0, 0.05) is 21.5 Å². The summed E-state index contributed by atoms with van der Waals surface area (Å²) in [6.45, 7) is 0. The number of hydrogen-bond acceptors (Lipinski definition) is 2. The highest BCUT2D eigenvalue weighted by Crippen LogP contribution is 2.37. The molecule has 0 N–H and O–H groups in total. The van der Waals surface area contributed by atoms with E-state index in [1.165, 1.54) is 10.8 Å². The Morgan fingerprint density at radius 2 is 1.33 bits per heavy atom. The lowest BCUT2D eigenvalue weighted by molar-refractivity contribution is 0.633. The molecule has 0 aliphatic heterocycles. The lowest BCUT2D eigenvalue weighted by atomic mass is 9.91. The SMILES string of the molecule is Bc1cccc2oc3c(ccc4c5ccccc5oc43)c12. The van der Waals surface area contributed by atoms with Crippen LogP contribution in [0.5, 0.6) is 0 Å². The molecule has 0 saturated carbocycles. The van der Waals surface area contributed by atoms with E-state index in [1.54, 1.807) is 0 Å². The maximum absolute atomic E-state index is 6.08. The number of benzene rings is 3. The van der Waals surface area contributed by atoms with Gasteiger partial charge in [0.1, 0.15) is 19.0 Å². The van der Waals surface area contributed by atoms with Crippen LogP contribution in [0.2, 0.25) is 0 Å². The average molecular weight is 270 g/mol. The van der Waals surface area contributed by atoms with E-state index in [-0.39, 0.29) is 0 Å². The molecule has 2 nitrogen and oxygen atoms in total. The third-order valence-electron chi connectivity index (χ3n) is 4.22. The Hall–Kier alpha value is -2.68. The van der Waals surface area contributed by atoms with Crippen molar-refractivity contribution < 1.29 is 8.83 Å². The number of furan rings is 2. The molecular formula is C18H11BO2. The molecule has 0 amide bonds. The van der Waals surface area contributed by atoms with Crippen LogP contribution in [0.25, 0.3) is 43.9 Å². The molecule has 2 aromatic heterocycles. The molecular weight excluding hydrogens is 259 g/mol. The number of rotatable bonds is 0. The van der Waals surface area contributed by atoms with Crippen LogP contribution in [-0.2, 0) is 0 Å². The second kappa shape index (κ2) is 3.70. The first kappa shape index (κ1) is 11.0. The van der Waals surface area contributed by atoms with Gasteiger partial charge in [-0.15, -0.1) is 0 Å². The van der Waals surface area contributed by atoms with Crippen LogP contribution in [0.15, 0.2) is 63.4 Å². The van der Waals surface area contributed by atoms with Gasteiger partial charge >= 0.3 is 0 Å². The molecule has 0 bridgehead atoms. The third kappa shape index (κ3) is 1.33. The first-order valence-corrected chi connectivity index (χ1v) is 7.05. The van der Waals surface area contributed by atoms with Gasteiger partial charge in [-0.3, -0.25) is 0 Å². The molecule has 3 heteroatoms. The average Bonchev–Trinajstić information content (AvgIpc) is 3.05. The molecule has 0 aliphatic rings. The van der Waals surface area contributed by atoms with Crippen LogP contribution in [0.4, 0.5) is 0 Å². The van der Waals surface area contributed by atoms with Crippen LogP contribution in [-0.4, -0.2) is 7.85 Å². The van der Waals surface area contributed by atoms with E-state index in [0.717, 1.165) is 38.5 Å². The summed E-state index contributed by atoms with van der Waals surface area (Å²) in [7, 11) is 2.11. The molecule has 5 aromatic rings. The monoisotopic (exact) mass is 270 g/mol. The fourth-order valence-corrected chi connectivity index (χ4v) is 3.24. The van der Waals surface area contributed by atoms with Crippen LogP contribution in [0, 0.1) is 0 Å². The minimum absolute atomic E-state index is 0.837. The normalized spacial score (nSPS) is 12.0. The third-order valence-corrected chi connectivity index (χ3v) is 4.22. The van der Waals surface area contributed by atoms with Crippen molar-refractivity contribution in [3.63, 3.8) is 0 Å². The van der Waals surface area contributed by atoms with Crippen molar-refractivity contribution in [2.45, 2.75) is 0 Å². The Bertz CT molecular complexity index is 1150. The van der Waals surface area contributed by atoms with Gasteiger partial charge in [0.15, 0.2) is 11.2 Å². The van der Waals surface area contributed by atoms with Gasteiger partial charge in [0.25, 0.3) is 0 Å². The van der Waals surface area contributed by atoms with E-state index in [9.17, 15) is 0 Å². The molecule has 0 aliphatic carbocycles. The van der Waals surface area contributed by atoms with E-state index in [2.05, 4.69) is 32.1 Å². The van der Waals surface area contributed by atoms with Crippen molar-refractivity contribution >= 4 is 57.2 Å². The zero-order chi connectivity index (χ0) is 14.0. The molecule has 0 saturated heterocycles. The molecule has 0 fully saturated rings. The van der Waals surface area contributed by atoms with Crippen LogP contribution in [0.3, 0.4) is 0 Å². The van der Waals surface area contributed by atoms with Crippen molar-refractivity contribution in [3.05, 3.63) is 54.6 Å². The summed E-state index contributed by atoms with van der Waals surface area (Å²) in [6.07, 6.45) is 0. The predicted molar refractivity (Wildman–Crippen MR) is 89.2 cm³/mol. The van der Waals surface area contributed by atoms with Gasteiger partial charge in [-0.1, -0.05) is 35.8 Å². The number of hydrogen-bond donors (Lipinski definition) is 0. The highest BCUT2D eigenvalue weighted by molar-refractivity contribution is 6.41. The van der Waals surface area contributed by atoms with Crippen molar-refractivity contribution in [1.29, 1.82) is 0 Å². The van der Waals surface area contributed by atoms with Crippen molar-refractivity contribution in [2.24, 2.45) is 0 Å². The maximum Gasteiger partial charge on any atom is 0.178 e. The van der Waals surface area contributed by atoms with Gasteiger partial charge < -0.3 is 8.83 Å². The molecule has 21 heavy (non-hydrogen) atoms. The fourth-order valence-electron chi connectivity index (χ4n) is 3.24. The first-order chi connectivity index (χ1) is 10.3.